The van der Waals surface area contributed by atoms with Crippen molar-refractivity contribution in [1.29, 1.82) is 0 Å². The first-order valence-electron chi connectivity index (χ1n) is 5.98. The van der Waals surface area contributed by atoms with Crippen LogP contribution < -0.4 is 4.90 Å². The number of hydrogen-bond donors (Lipinski definition) is 0. The Morgan fingerprint density at radius 1 is 1.50 bits per heavy atom. The highest BCUT2D eigenvalue weighted by molar-refractivity contribution is 6.29. The zero-order chi connectivity index (χ0) is 13.3. The standard InChI is InChI=1S/C12H17ClN4O/c1-8-14-10(13)7-11(15-8)17-6-4-5-9(17)12(18)16(2)3/h7,9H,4-6H2,1-3H3. The largest absolute Gasteiger partial charge is 0.347 e. The predicted octanol–water partition coefficient (Wildman–Crippen LogP) is 1.50. The van der Waals surface area contributed by atoms with E-state index in [9.17, 15) is 4.79 Å². The summed E-state index contributed by atoms with van der Waals surface area (Å²) in [7, 11) is 3.55. The molecule has 6 heteroatoms. The second-order valence-electron chi connectivity index (χ2n) is 4.68. The second-order valence-corrected chi connectivity index (χ2v) is 5.07. The molecular weight excluding hydrogens is 252 g/mol. The summed E-state index contributed by atoms with van der Waals surface area (Å²) in [5.74, 6) is 1.48. The Morgan fingerprint density at radius 3 is 2.83 bits per heavy atom. The molecule has 2 rings (SSSR count). The highest BCUT2D eigenvalue weighted by Crippen LogP contribution is 2.26. The number of aryl methyl sites for hydroxylation is 1. The van der Waals surface area contributed by atoms with Gasteiger partial charge in [0, 0.05) is 26.7 Å². The summed E-state index contributed by atoms with van der Waals surface area (Å²) in [4.78, 5) is 24.2. The van der Waals surface area contributed by atoms with E-state index in [0.29, 0.717) is 11.0 Å². The molecule has 1 aliphatic heterocycles. The van der Waals surface area contributed by atoms with Gasteiger partial charge in [0.25, 0.3) is 0 Å². The first kappa shape index (κ1) is 13.1. The Labute approximate surface area is 112 Å². The van der Waals surface area contributed by atoms with Gasteiger partial charge in [0.1, 0.15) is 22.8 Å². The van der Waals surface area contributed by atoms with Crippen LogP contribution in [0, 0.1) is 6.92 Å². The van der Waals surface area contributed by atoms with Gasteiger partial charge in [0.15, 0.2) is 0 Å². The van der Waals surface area contributed by atoms with Crippen molar-refractivity contribution >= 4 is 23.3 Å². The third-order valence-corrected chi connectivity index (χ3v) is 3.26. The van der Waals surface area contributed by atoms with E-state index < -0.39 is 0 Å². The Bertz CT molecular complexity index is 443. The number of amides is 1. The lowest BCUT2D eigenvalue weighted by molar-refractivity contribution is -0.129. The first-order chi connectivity index (χ1) is 8.49. The van der Waals surface area contributed by atoms with Gasteiger partial charge >= 0.3 is 0 Å². The van der Waals surface area contributed by atoms with Gasteiger partial charge in [-0.25, -0.2) is 9.97 Å². The van der Waals surface area contributed by atoms with E-state index >= 15 is 0 Å². The molecule has 1 aromatic rings. The van der Waals surface area contributed by atoms with E-state index in [0.717, 1.165) is 25.2 Å². The normalized spacial score (nSPS) is 19.1. The van der Waals surface area contributed by atoms with E-state index in [-0.39, 0.29) is 11.9 Å². The van der Waals surface area contributed by atoms with Crippen molar-refractivity contribution in [3.8, 4) is 0 Å². The number of nitrogens with zero attached hydrogens (tertiary/aromatic N) is 4. The lowest BCUT2D eigenvalue weighted by Gasteiger charge is -2.27. The van der Waals surface area contributed by atoms with Gasteiger partial charge in [-0.1, -0.05) is 11.6 Å². The Balaban J connectivity index is 2.28. The number of halogens is 1. The molecule has 98 valence electrons. The zero-order valence-corrected chi connectivity index (χ0v) is 11.6. The lowest BCUT2D eigenvalue weighted by atomic mass is 10.2. The van der Waals surface area contributed by atoms with Crippen molar-refractivity contribution in [2.45, 2.75) is 25.8 Å². The molecular formula is C12H17ClN4O. The molecule has 1 atom stereocenters. The Hall–Kier alpha value is -1.36. The molecule has 1 saturated heterocycles. The van der Waals surface area contributed by atoms with Crippen molar-refractivity contribution in [2.24, 2.45) is 0 Å². The van der Waals surface area contributed by atoms with Crippen molar-refractivity contribution in [2.75, 3.05) is 25.5 Å². The van der Waals surface area contributed by atoms with Crippen LogP contribution in [0.25, 0.3) is 0 Å². The van der Waals surface area contributed by atoms with E-state index in [1.54, 1.807) is 32.0 Å². The minimum Gasteiger partial charge on any atom is -0.347 e. The summed E-state index contributed by atoms with van der Waals surface area (Å²) in [5.41, 5.74) is 0. The summed E-state index contributed by atoms with van der Waals surface area (Å²) in [6.07, 6.45) is 1.85. The van der Waals surface area contributed by atoms with Gasteiger partial charge < -0.3 is 9.80 Å². The molecule has 1 aliphatic rings. The fraction of sp³-hybridized carbons (Fsp3) is 0.583. The molecule has 1 aromatic heterocycles. The van der Waals surface area contributed by atoms with Crippen LogP contribution in [0.5, 0.6) is 0 Å². The van der Waals surface area contributed by atoms with Gasteiger partial charge in [-0.05, 0) is 19.8 Å². The molecule has 0 radical (unpaired) electrons. The maximum absolute atomic E-state index is 12.1. The average molecular weight is 269 g/mol. The van der Waals surface area contributed by atoms with Crippen molar-refractivity contribution in [1.82, 2.24) is 14.9 Å². The molecule has 18 heavy (non-hydrogen) atoms. The molecule has 1 amide bonds. The third-order valence-electron chi connectivity index (χ3n) is 3.07. The fourth-order valence-corrected chi connectivity index (χ4v) is 2.48. The monoisotopic (exact) mass is 268 g/mol. The SMILES string of the molecule is Cc1nc(Cl)cc(N2CCCC2C(=O)N(C)C)n1. The van der Waals surface area contributed by atoms with Crippen LogP contribution in [0.4, 0.5) is 5.82 Å². The number of likely N-dealkylation sites (N-methyl/N-ethyl adjacent to an activating group) is 1. The van der Waals surface area contributed by atoms with Crippen LogP contribution in [-0.4, -0.2) is 47.5 Å². The average Bonchev–Trinajstić information content (AvgIpc) is 2.75. The molecule has 1 unspecified atom stereocenters. The Kier molecular flexibility index (Phi) is 3.71. The first-order valence-corrected chi connectivity index (χ1v) is 6.36. The van der Waals surface area contributed by atoms with Crippen molar-refractivity contribution in [3.63, 3.8) is 0 Å². The van der Waals surface area contributed by atoms with Crippen LogP contribution in [0.3, 0.4) is 0 Å². The van der Waals surface area contributed by atoms with Gasteiger partial charge in [-0.2, -0.15) is 0 Å². The third kappa shape index (κ3) is 2.56. The molecule has 0 N–H and O–H groups in total. The minimum atomic E-state index is -0.134. The van der Waals surface area contributed by atoms with E-state index in [2.05, 4.69) is 9.97 Å². The zero-order valence-electron chi connectivity index (χ0n) is 10.9. The molecule has 0 aromatic carbocycles. The second kappa shape index (κ2) is 5.10. The van der Waals surface area contributed by atoms with E-state index in [4.69, 9.17) is 11.6 Å². The maximum Gasteiger partial charge on any atom is 0.244 e. The summed E-state index contributed by atoms with van der Waals surface area (Å²) in [6, 6.07) is 1.58. The van der Waals surface area contributed by atoms with Gasteiger partial charge in [-0.3, -0.25) is 4.79 Å². The molecule has 5 nitrogen and oxygen atoms in total. The number of rotatable bonds is 2. The lowest BCUT2D eigenvalue weighted by Crippen LogP contribution is -2.43. The number of carbonyl (C=O) groups excluding carboxylic acids is 1. The maximum atomic E-state index is 12.1. The topological polar surface area (TPSA) is 49.3 Å². The van der Waals surface area contributed by atoms with E-state index in [1.165, 1.54) is 0 Å². The summed E-state index contributed by atoms with van der Waals surface area (Å²) >= 11 is 5.95. The molecule has 0 aliphatic carbocycles. The van der Waals surface area contributed by atoms with Crippen molar-refractivity contribution < 1.29 is 4.79 Å². The number of aromatic nitrogens is 2. The van der Waals surface area contributed by atoms with E-state index in [1.807, 2.05) is 4.90 Å². The highest BCUT2D eigenvalue weighted by Gasteiger charge is 2.32. The minimum absolute atomic E-state index is 0.111. The van der Waals surface area contributed by atoms with Gasteiger partial charge in [0.2, 0.25) is 5.91 Å². The molecule has 1 fully saturated rings. The van der Waals surface area contributed by atoms with Crippen LogP contribution in [-0.2, 0) is 4.79 Å². The number of anilines is 1. The van der Waals surface area contributed by atoms with Crippen LogP contribution in [0.2, 0.25) is 5.15 Å². The summed E-state index contributed by atoms with van der Waals surface area (Å²) in [6.45, 7) is 2.63. The van der Waals surface area contributed by atoms with Gasteiger partial charge in [0.05, 0.1) is 0 Å². The predicted molar refractivity (Wildman–Crippen MR) is 70.8 cm³/mol. The van der Waals surface area contributed by atoms with Gasteiger partial charge in [-0.15, -0.1) is 0 Å². The summed E-state index contributed by atoms with van der Waals surface area (Å²) < 4.78 is 0. The van der Waals surface area contributed by atoms with Crippen LogP contribution >= 0.6 is 11.6 Å². The Morgan fingerprint density at radius 2 is 2.22 bits per heavy atom. The quantitative estimate of drug-likeness (QED) is 0.763. The number of hydrogen-bond acceptors (Lipinski definition) is 4. The molecule has 0 saturated carbocycles. The molecule has 0 spiro atoms. The molecule has 0 bridgehead atoms. The molecule has 2 heterocycles. The fourth-order valence-electron chi connectivity index (χ4n) is 2.26. The van der Waals surface area contributed by atoms with Crippen LogP contribution in [0.15, 0.2) is 6.07 Å². The van der Waals surface area contributed by atoms with Crippen molar-refractivity contribution in [3.05, 3.63) is 17.0 Å². The van der Waals surface area contributed by atoms with Crippen LogP contribution in [0.1, 0.15) is 18.7 Å². The summed E-state index contributed by atoms with van der Waals surface area (Å²) in [5, 5.41) is 0.417. The highest BCUT2D eigenvalue weighted by atomic mass is 35.5. The smallest absolute Gasteiger partial charge is 0.244 e. The number of carbonyl (C=O) groups is 1.